The molecule has 4 rings (SSSR count). The summed E-state index contributed by atoms with van der Waals surface area (Å²) in [7, 11) is -3.26. The van der Waals surface area contributed by atoms with Gasteiger partial charge in [0.15, 0.2) is 9.84 Å². The van der Waals surface area contributed by atoms with Crippen LogP contribution in [-0.2, 0) is 22.6 Å². The molecule has 1 fully saturated rings. The topological polar surface area (TPSA) is 75.7 Å². The highest BCUT2D eigenvalue weighted by atomic mass is 32.2. The predicted molar refractivity (Wildman–Crippen MR) is 134 cm³/mol. The molecule has 0 aromatic heterocycles. The maximum Gasteiger partial charge on any atom is 0.416 e. The van der Waals surface area contributed by atoms with E-state index in [9.17, 15) is 26.4 Å². The van der Waals surface area contributed by atoms with Crippen molar-refractivity contribution >= 4 is 21.4 Å². The molecule has 1 atom stereocenters. The molecule has 3 aromatic rings. The highest BCUT2D eigenvalue weighted by Gasteiger charge is 2.30. The standard InChI is InChI=1S/C27H27F3N2O4S/c1-2-37(34,35)25-13-3-19(4-14-25)17-31-26(33)20-5-9-22(10-6-20)32-16-15-24(18-32)36-23-11-7-21(8-12-23)27(28,29)30/h3-14,24H,2,15-18H2,1H3,(H,31,33). The van der Waals surface area contributed by atoms with Gasteiger partial charge in [0.1, 0.15) is 11.9 Å². The predicted octanol–water partition coefficient (Wildman–Crippen LogP) is 5.09. The first-order valence-electron chi connectivity index (χ1n) is 11.8. The summed E-state index contributed by atoms with van der Waals surface area (Å²) in [6, 6.07) is 18.3. The van der Waals surface area contributed by atoms with Crippen LogP contribution < -0.4 is 15.0 Å². The van der Waals surface area contributed by atoms with Crippen LogP contribution in [0.15, 0.2) is 77.7 Å². The van der Waals surface area contributed by atoms with E-state index in [-0.39, 0.29) is 29.2 Å². The number of nitrogens with zero attached hydrogens (tertiary/aromatic N) is 1. The van der Waals surface area contributed by atoms with E-state index in [1.54, 1.807) is 43.3 Å². The van der Waals surface area contributed by atoms with E-state index in [0.717, 1.165) is 36.3 Å². The minimum atomic E-state index is -4.38. The maximum atomic E-state index is 12.7. The Hall–Kier alpha value is -3.53. The first-order chi connectivity index (χ1) is 17.5. The molecule has 3 aromatic carbocycles. The number of halogens is 3. The molecular formula is C27H27F3N2O4S. The van der Waals surface area contributed by atoms with Gasteiger partial charge < -0.3 is 15.0 Å². The van der Waals surface area contributed by atoms with Crippen LogP contribution >= 0.6 is 0 Å². The summed E-state index contributed by atoms with van der Waals surface area (Å²) in [5.74, 6) is 0.179. The molecule has 1 amide bonds. The molecule has 0 aliphatic carbocycles. The Balaban J connectivity index is 1.28. The number of sulfone groups is 1. The van der Waals surface area contributed by atoms with Crippen LogP contribution in [0.3, 0.4) is 0 Å². The molecule has 1 heterocycles. The van der Waals surface area contributed by atoms with Crippen LogP contribution in [0.1, 0.15) is 34.8 Å². The lowest BCUT2D eigenvalue weighted by molar-refractivity contribution is -0.137. The smallest absolute Gasteiger partial charge is 0.416 e. The Morgan fingerprint density at radius 3 is 2.24 bits per heavy atom. The van der Waals surface area contributed by atoms with Crippen molar-refractivity contribution in [2.45, 2.75) is 37.1 Å². The summed E-state index contributed by atoms with van der Waals surface area (Å²) in [4.78, 5) is 14.9. The number of carbonyl (C=O) groups excluding carboxylic acids is 1. The van der Waals surface area contributed by atoms with Crippen LogP contribution in [0.25, 0.3) is 0 Å². The Labute approximate surface area is 214 Å². The SMILES string of the molecule is CCS(=O)(=O)c1ccc(CNC(=O)c2ccc(N3CCC(Oc4ccc(C(F)(F)F)cc4)C3)cc2)cc1. The third kappa shape index (κ3) is 6.62. The number of nitrogens with one attached hydrogen (secondary N) is 1. The highest BCUT2D eigenvalue weighted by Crippen LogP contribution is 2.31. The molecular weight excluding hydrogens is 505 g/mol. The third-order valence-corrected chi connectivity index (χ3v) is 7.99. The number of carbonyl (C=O) groups is 1. The average Bonchev–Trinajstić information content (AvgIpc) is 3.36. The first kappa shape index (κ1) is 26.5. The summed E-state index contributed by atoms with van der Waals surface area (Å²) in [5, 5.41) is 2.83. The molecule has 0 saturated carbocycles. The molecule has 1 aliphatic rings. The van der Waals surface area contributed by atoms with Crippen molar-refractivity contribution in [3.63, 3.8) is 0 Å². The van der Waals surface area contributed by atoms with Crippen LogP contribution in [0.5, 0.6) is 5.75 Å². The van der Waals surface area contributed by atoms with Crippen LogP contribution in [0, 0.1) is 0 Å². The lowest BCUT2D eigenvalue weighted by atomic mass is 10.1. The van der Waals surface area contributed by atoms with Gasteiger partial charge in [-0.25, -0.2) is 8.42 Å². The summed E-state index contributed by atoms with van der Waals surface area (Å²) >= 11 is 0. The van der Waals surface area contributed by atoms with Gasteiger partial charge in [0.25, 0.3) is 5.91 Å². The number of anilines is 1. The lowest BCUT2D eigenvalue weighted by Crippen LogP contribution is -2.25. The molecule has 6 nitrogen and oxygen atoms in total. The fourth-order valence-corrected chi connectivity index (χ4v) is 4.95. The van der Waals surface area contributed by atoms with Crippen molar-refractivity contribution in [3.05, 3.63) is 89.5 Å². The molecule has 196 valence electrons. The first-order valence-corrected chi connectivity index (χ1v) is 13.5. The molecule has 37 heavy (non-hydrogen) atoms. The average molecular weight is 533 g/mol. The van der Waals surface area contributed by atoms with E-state index in [1.807, 2.05) is 12.1 Å². The van der Waals surface area contributed by atoms with Gasteiger partial charge in [-0.05, 0) is 66.2 Å². The largest absolute Gasteiger partial charge is 0.489 e. The van der Waals surface area contributed by atoms with Gasteiger partial charge in [0.2, 0.25) is 0 Å². The van der Waals surface area contributed by atoms with Gasteiger partial charge in [-0.3, -0.25) is 4.79 Å². The van der Waals surface area contributed by atoms with Gasteiger partial charge in [0.05, 0.1) is 22.8 Å². The molecule has 1 unspecified atom stereocenters. The van der Waals surface area contributed by atoms with E-state index < -0.39 is 21.6 Å². The molecule has 0 bridgehead atoms. The Bertz CT molecular complexity index is 1320. The zero-order valence-electron chi connectivity index (χ0n) is 20.2. The van der Waals surface area contributed by atoms with Crippen molar-refractivity contribution in [2.75, 3.05) is 23.7 Å². The molecule has 1 N–H and O–H groups in total. The van der Waals surface area contributed by atoms with E-state index >= 15 is 0 Å². The van der Waals surface area contributed by atoms with Gasteiger partial charge in [-0.2, -0.15) is 13.2 Å². The van der Waals surface area contributed by atoms with Gasteiger partial charge in [-0.1, -0.05) is 19.1 Å². The Morgan fingerprint density at radius 1 is 1.00 bits per heavy atom. The molecule has 1 aliphatic heterocycles. The zero-order valence-corrected chi connectivity index (χ0v) is 21.0. The molecule has 10 heteroatoms. The van der Waals surface area contributed by atoms with Crippen molar-refractivity contribution in [3.8, 4) is 5.75 Å². The van der Waals surface area contributed by atoms with E-state index in [1.165, 1.54) is 12.1 Å². The van der Waals surface area contributed by atoms with Crippen LogP contribution in [0.4, 0.5) is 18.9 Å². The van der Waals surface area contributed by atoms with Gasteiger partial charge in [-0.15, -0.1) is 0 Å². The number of rotatable bonds is 8. The highest BCUT2D eigenvalue weighted by molar-refractivity contribution is 7.91. The summed E-state index contributed by atoms with van der Waals surface area (Å²) in [5.41, 5.74) is 1.49. The minimum Gasteiger partial charge on any atom is -0.489 e. The van der Waals surface area contributed by atoms with Crippen LogP contribution in [-0.4, -0.2) is 39.3 Å². The molecule has 0 spiro atoms. The second-order valence-electron chi connectivity index (χ2n) is 8.77. The Morgan fingerprint density at radius 2 is 1.65 bits per heavy atom. The normalized spacial score (nSPS) is 16.0. The van der Waals surface area contributed by atoms with Crippen molar-refractivity contribution in [1.29, 1.82) is 0 Å². The minimum absolute atomic E-state index is 0.0311. The second-order valence-corrected chi connectivity index (χ2v) is 11.1. The lowest BCUT2D eigenvalue weighted by Gasteiger charge is -2.19. The third-order valence-electron chi connectivity index (χ3n) is 6.24. The van der Waals surface area contributed by atoms with Crippen LogP contribution in [0.2, 0.25) is 0 Å². The number of hydrogen-bond acceptors (Lipinski definition) is 5. The van der Waals surface area contributed by atoms with Crippen molar-refractivity contribution in [1.82, 2.24) is 5.32 Å². The number of benzene rings is 3. The molecule has 1 saturated heterocycles. The van der Waals surface area contributed by atoms with E-state index in [4.69, 9.17) is 4.74 Å². The zero-order chi connectivity index (χ0) is 26.6. The van der Waals surface area contributed by atoms with E-state index in [0.29, 0.717) is 17.9 Å². The summed E-state index contributed by atoms with van der Waals surface area (Å²) in [6.45, 7) is 3.16. The maximum absolute atomic E-state index is 12.7. The second kappa shape index (κ2) is 10.8. The number of hydrogen-bond donors (Lipinski definition) is 1. The Kier molecular flexibility index (Phi) is 7.77. The monoisotopic (exact) mass is 532 g/mol. The van der Waals surface area contributed by atoms with Gasteiger partial charge in [0, 0.05) is 30.8 Å². The summed E-state index contributed by atoms with van der Waals surface area (Å²) in [6.07, 6.45) is -3.81. The number of ether oxygens (including phenoxy) is 1. The van der Waals surface area contributed by atoms with Crippen molar-refractivity contribution in [2.24, 2.45) is 0 Å². The fraction of sp³-hybridized carbons (Fsp3) is 0.296. The molecule has 0 radical (unpaired) electrons. The number of amides is 1. The number of alkyl halides is 3. The van der Waals surface area contributed by atoms with Crippen molar-refractivity contribution < 1.29 is 31.1 Å². The quantitative estimate of drug-likeness (QED) is 0.438. The summed E-state index contributed by atoms with van der Waals surface area (Å²) < 4.78 is 67.9. The fourth-order valence-electron chi connectivity index (χ4n) is 4.06. The van der Waals surface area contributed by atoms with E-state index in [2.05, 4.69) is 10.2 Å². The van der Waals surface area contributed by atoms with Gasteiger partial charge >= 0.3 is 6.18 Å².